The summed E-state index contributed by atoms with van der Waals surface area (Å²) in [5, 5.41) is 17.4. The van der Waals surface area contributed by atoms with Crippen LogP contribution in [0.25, 0.3) is 11.4 Å². The number of nitrogens with one attached hydrogen (secondary N) is 1. The number of aromatic nitrogens is 3. The molecule has 0 unspecified atom stereocenters. The van der Waals surface area contributed by atoms with Crippen molar-refractivity contribution in [3.8, 4) is 17.1 Å². The summed E-state index contributed by atoms with van der Waals surface area (Å²) < 4.78 is 7.28. The van der Waals surface area contributed by atoms with Crippen LogP contribution in [0.5, 0.6) is 5.75 Å². The molecule has 0 aliphatic rings. The number of methoxy groups -OCH3 is 1. The molecule has 1 aromatic heterocycles. The van der Waals surface area contributed by atoms with Crippen LogP contribution in [0.2, 0.25) is 0 Å². The predicted octanol–water partition coefficient (Wildman–Crippen LogP) is 2.06. The van der Waals surface area contributed by atoms with Gasteiger partial charge in [0.05, 0.1) is 23.7 Å². The van der Waals surface area contributed by atoms with Gasteiger partial charge in [-0.05, 0) is 18.3 Å². The number of nitrogens with zero attached hydrogens (tertiary/aromatic N) is 3. The van der Waals surface area contributed by atoms with Crippen LogP contribution < -0.4 is 4.74 Å². The number of hydrogen-bond acceptors (Lipinski definition) is 5. The first-order chi connectivity index (χ1) is 8.54. The van der Waals surface area contributed by atoms with Crippen molar-refractivity contribution in [1.82, 2.24) is 14.8 Å². The molecule has 94 valence electrons. The minimum absolute atomic E-state index is 0.0348. The Bertz CT molecular complexity index is 661. The molecule has 0 saturated carbocycles. The lowest BCUT2D eigenvalue weighted by atomic mass is 10.1. The quantitative estimate of drug-likeness (QED) is 0.522. The minimum atomic E-state index is -0.477. The highest BCUT2D eigenvalue weighted by molar-refractivity contribution is 7.71. The van der Waals surface area contributed by atoms with Crippen molar-refractivity contribution in [1.29, 1.82) is 0 Å². The Hall–Kier alpha value is -2.22. The number of nitro groups is 1. The van der Waals surface area contributed by atoms with Gasteiger partial charge in [-0.25, -0.2) is 0 Å². The predicted molar refractivity (Wildman–Crippen MR) is 67.0 cm³/mol. The fourth-order valence-corrected chi connectivity index (χ4v) is 1.70. The van der Waals surface area contributed by atoms with Crippen molar-refractivity contribution in [3.63, 3.8) is 0 Å². The second-order valence-electron chi connectivity index (χ2n) is 3.55. The van der Waals surface area contributed by atoms with E-state index in [0.29, 0.717) is 21.9 Å². The summed E-state index contributed by atoms with van der Waals surface area (Å²) >= 11 is 5.02. The van der Waals surface area contributed by atoms with E-state index in [1.165, 1.54) is 19.2 Å². The SMILES string of the molecule is COc1cc([N+](=O)[O-])ccc1-c1n[nH]c(=S)n1C. The third-order valence-corrected chi connectivity index (χ3v) is 2.88. The van der Waals surface area contributed by atoms with Crippen LogP contribution in [0.4, 0.5) is 5.69 Å². The number of aromatic amines is 1. The van der Waals surface area contributed by atoms with E-state index < -0.39 is 4.92 Å². The first-order valence-corrected chi connectivity index (χ1v) is 5.39. The van der Waals surface area contributed by atoms with E-state index in [1.54, 1.807) is 17.7 Å². The molecule has 0 radical (unpaired) electrons. The van der Waals surface area contributed by atoms with Crippen LogP contribution in [0.1, 0.15) is 0 Å². The van der Waals surface area contributed by atoms with Gasteiger partial charge < -0.3 is 9.30 Å². The summed E-state index contributed by atoms with van der Waals surface area (Å²) in [5.74, 6) is 0.938. The third kappa shape index (κ3) is 1.97. The highest BCUT2D eigenvalue weighted by Gasteiger charge is 2.16. The first-order valence-electron chi connectivity index (χ1n) is 4.98. The van der Waals surface area contributed by atoms with Crippen LogP contribution in [0.15, 0.2) is 18.2 Å². The first kappa shape index (κ1) is 12.2. The van der Waals surface area contributed by atoms with Crippen LogP contribution >= 0.6 is 12.2 Å². The molecule has 0 amide bonds. The summed E-state index contributed by atoms with van der Waals surface area (Å²) in [4.78, 5) is 10.2. The van der Waals surface area contributed by atoms with E-state index in [0.717, 1.165) is 0 Å². The smallest absolute Gasteiger partial charge is 0.273 e. The molecule has 0 aliphatic heterocycles. The highest BCUT2D eigenvalue weighted by Crippen LogP contribution is 2.31. The maximum atomic E-state index is 10.7. The lowest BCUT2D eigenvalue weighted by Crippen LogP contribution is -1.97. The van der Waals surface area contributed by atoms with E-state index >= 15 is 0 Å². The lowest BCUT2D eigenvalue weighted by Gasteiger charge is -2.07. The molecular weight excluding hydrogens is 256 g/mol. The topological polar surface area (TPSA) is 86.0 Å². The van der Waals surface area contributed by atoms with Crippen LogP contribution in [-0.4, -0.2) is 26.8 Å². The monoisotopic (exact) mass is 266 g/mol. The van der Waals surface area contributed by atoms with Crippen LogP contribution in [-0.2, 0) is 7.05 Å². The van der Waals surface area contributed by atoms with Crippen molar-refractivity contribution < 1.29 is 9.66 Å². The Morgan fingerprint density at radius 1 is 1.56 bits per heavy atom. The fraction of sp³-hybridized carbons (Fsp3) is 0.200. The van der Waals surface area contributed by atoms with Gasteiger partial charge in [-0.3, -0.25) is 15.2 Å². The number of rotatable bonds is 3. The summed E-state index contributed by atoms with van der Waals surface area (Å²) in [6.07, 6.45) is 0. The largest absolute Gasteiger partial charge is 0.496 e. The van der Waals surface area contributed by atoms with Gasteiger partial charge in [-0.15, -0.1) is 0 Å². The molecule has 1 N–H and O–H groups in total. The molecule has 0 bridgehead atoms. The van der Waals surface area contributed by atoms with Crippen molar-refractivity contribution in [2.45, 2.75) is 0 Å². The number of nitro benzene ring substituents is 1. The number of ether oxygens (including phenoxy) is 1. The zero-order chi connectivity index (χ0) is 13.3. The highest BCUT2D eigenvalue weighted by atomic mass is 32.1. The van der Waals surface area contributed by atoms with Gasteiger partial charge in [0.25, 0.3) is 5.69 Å². The fourth-order valence-electron chi connectivity index (χ4n) is 1.57. The zero-order valence-electron chi connectivity index (χ0n) is 9.71. The van der Waals surface area contributed by atoms with E-state index in [9.17, 15) is 10.1 Å². The van der Waals surface area contributed by atoms with Gasteiger partial charge in [0.15, 0.2) is 10.6 Å². The lowest BCUT2D eigenvalue weighted by molar-refractivity contribution is -0.384. The number of benzene rings is 1. The van der Waals surface area contributed by atoms with Gasteiger partial charge in [-0.2, -0.15) is 5.10 Å². The van der Waals surface area contributed by atoms with E-state index in [4.69, 9.17) is 17.0 Å². The molecule has 0 fully saturated rings. The number of hydrogen-bond donors (Lipinski definition) is 1. The Balaban J connectivity index is 2.61. The molecule has 0 aliphatic carbocycles. The Kier molecular flexibility index (Phi) is 3.11. The summed E-state index contributed by atoms with van der Waals surface area (Å²) in [7, 11) is 3.20. The molecule has 8 heteroatoms. The Morgan fingerprint density at radius 2 is 2.28 bits per heavy atom. The van der Waals surface area contributed by atoms with E-state index in [2.05, 4.69) is 10.2 Å². The number of non-ortho nitro benzene ring substituents is 1. The van der Waals surface area contributed by atoms with Crippen molar-refractivity contribution in [3.05, 3.63) is 33.1 Å². The second-order valence-corrected chi connectivity index (χ2v) is 3.94. The summed E-state index contributed by atoms with van der Waals surface area (Å²) in [6, 6.07) is 4.34. The number of H-pyrrole nitrogens is 1. The van der Waals surface area contributed by atoms with Gasteiger partial charge in [0.2, 0.25) is 0 Å². The molecule has 1 aromatic carbocycles. The van der Waals surface area contributed by atoms with Crippen LogP contribution in [0, 0.1) is 14.9 Å². The Labute approximate surface area is 107 Å². The standard InChI is InChI=1S/C10H10N4O3S/c1-13-9(11-12-10(13)18)7-4-3-6(14(15)16)5-8(7)17-2/h3-5H,1-2H3,(H,12,18). The van der Waals surface area contributed by atoms with Crippen LogP contribution in [0.3, 0.4) is 0 Å². The molecule has 0 spiro atoms. The van der Waals surface area contributed by atoms with Crippen molar-refractivity contribution in [2.75, 3.05) is 7.11 Å². The molecular formula is C10H10N4O3S. The van der Waals surface area contributed by atoms with Gasteiger partial charge in [-0.1, -0.05) is 0 Å². The van der Waals surface area contributed by atoms with Gasteiger partial charge >= 0.3 is 0 Å². The summed E-state index contributed by atoms with van der Waals surface area (Å²) in [5.41, 5.74) is 0.602. The molecule has 18 heavy (non-hydrogen) atoms. The molecule has 1 heterocycles. The van der Waals surface area contributed by atoms with Crippen molar-refractivity contribution >= 4 is 17.9 Å². The maximum absolute atomic E-state index is 10.7. The van der Waals surface area contributed by atoms with E-state index in [1.807, 2.05) is 0 Å². The van der Waals surface area contributed by atoms with Gasteiger partial charge in [0.1, 0.15) is 5.75 Å². The average Bonchev–Trinajstić information content (AvgIpc) is 2.69. The Morgan fingerprint density at radius 3 is 2.78 bits per heavy atom. The molecule has 2 rings (SSSR count). The van der Waals surface area contributed by atoms with Crippen molar-refractivity contribution in [2.24, 2.45) is 7.05 Å². The maximum Gasteiger partial charge on any atom is 0.273 e. The minimum Gasteiger partial charge on any atom is -0.496 e. The van der Waals surface area contributed by atoms with E-state index in [-0.39, 0.29) is 5.69 Å². The normalized spacial score (nSPS) is 10.3. The second kappa shape index (κ2) is 4.57. The molecule has 0 saturated heterocycles. The third-order valence-electron chi connectivity index (χ3n) is 2.52. The molecule has 2 aromatic rings. The van der Waals surface area contributed by atoms with Gasteiger partial charge in [0, 0.05) is 13.1 Å². The molecule has 0 atom stereocenters. The average molecular weight is 266 g/mol. The zero-order valence-corrected chi connectivity index (χ0v) is 10.5. The summed E-state index contributed by atoms with van der Waals surface area (Å²) in [6.45, 7) is 0. The molecule has 7 nitrogen and oxygen atoms in total.